The predicted molar refractivity (Wildman–Crippen MR) is 56.1 cm³/mol. The molecule has 3 nitrogen and oxygen atoms in total. The van der Waals surface area contributed by atoms with Crippen LogP contribution in [0.1, 0.15) is 26.3 Å². The van der Waals surface area contributed by atoms with E-state index in [4.69, 9.17) is 10.8 Å². The van der Waals surface area contributed by atoms with Crippen molar-refractivity contribution in [3.05, 3.63) is 23.8 Å². The van der Waals surface area contributed by atoms with Crippen molar-refractivity contribution in [1.82, 2.24) is 0 Å². The quantitative estimate of drug-likeness (QED) is 0.632. The summed E-state index contributed by atoms with van der Waals surface area (Å²) in [5.74, 6) is 0.0135. The van der Waals surface area contributed by atoms with Crippen LogP contribution in [0.5, 0.6) is 11.5 Å². The maximum absolute atomic E-state index is 9.34. The Balaban J connectivity index is 3.14. The molecule has 0 fully saturated rings. The van der Waals surface area contributed by atoms with Crippen LogP contribution in [0.4, 0.5) is 0 Å². The first-order valence-corrected chi connectivity index (χ1v) is 4.67. The van der Waals surface area contributed by atoms with Gasteiger partial charge in [0.2, 0.25) is 0 Å². The maximum atomic E-state index is 9.34. The summed E-state index contributed by atoms with van der Waals surface area (Å²) in [6.45, 7) is 5.94. The maximum Gasteiger partial charge on any atom is 0.157 e. The molecule has 3 heteroatoms. The Hall–Kier alpha value is -1.22. The number of nitrogens with two attached hydrogens (primary N) is 1. The minimum Gasteiger partial charge on any atom is -0.504 e. The summed E-state index contributed by atoms with van der Waals surface area (Å²) in [4.78, 5) is 0. The van der Waals surface area contributed by atoms with Gasteiger partial charge in [-0.15, -0.1) is 0 Å². The van der Waals surface area contributed by atoms with Crippen molar-refractivity contribution in [2.24, 2.45) is 11.7 Å². The van der Waals surface area contributed by atoms with Crippen molar-refractivity contribution < 1.29 is 10.2 Å². The second kappa shape index (κ2) is 3.50. The first-order chi connectivity index (χ1) is 6.35. The summed E-state index contributed by atoms with van der Waals surface area (Å²) in [6.07, 6.45) is 0. The molecule has 0 radical (unpaired) electrons. The van der Waals surface area contributed by atoms with Crippen LogP contribution in [0.2, 0.25) is 0 Å². The second-order valence-corrected chi connectivity index (χ2v) is 4.14. The zero-order valence-electron chi connectivity index (χ0n) is 8.78. The third-order valence-corrected chi connectivity index (χ3v) is 2.80. The van der Waals surface area contributed by atoms with E-state index in [2.05, 4.69) is 0 Å². The van der Waals surface area contributed by atoms with E-state index < -0.39 is 5.54 Å². The van der Waals surface area contributed by atoms with Gasteiger partial charge in [-0.25, -0.2) is 0 Å². The van der Waals surface area contributed by atoms with Crippen molar-refractivity contribution in [2.45, 2.75) is 26.3 Å². The molecule has 0 saturated carbocycles. The lowest BCUT2D eigenvalue weighted by Gasteiger charge is -2.29. The van der Waals surface area contributed by atoms with E-state index in [1.165, 1.54) is 12.1 Å². The van der Waals surface area contributed by atoms with Gasteiger partial charge in [0.05, 0.1) is 0 Å². The zero-order chi connectivity index (χ0) is 10.9. The van der Waals surface area contributed by atoms with Crippen LogP contribution in [0, 0.1) is 5.92 Å². The number of hydrogen-bond donors (Lipinski definition) is 3. The Morgan fingerprint density at radius 3 is 2.21 bits per heavy atom. The highest BCUT2D eigenvalue weighted by atomic mass is 16.3. The average Bonchev–Trinajstić information content (AvgIpc) is 2.09. The molecule has 14 heavy (non-hydrogen) atoms. The van der Waals surface area contributed by atoms with E-state index in [1.807, 2.05) is 20.8 Å². The Morgan fingerprint density at radius 1 is 1.21 bits per heavy atom. The zero-order valence-corrected chi connectivity index (χ0v) is 8.78. The summed E-state index contributed by atoms with van der Waals surface area (Å²) in [6, 6.07) is 4.70. The van der Waals surface area contributed by atoms with E-state index in [1.54, 1.807) is 6.07 Å². The second-order valence-electron chi connectivity index (χ2n) is 4.14. The SMILES string of the molecule is CC(C)[C@](C)(N)c1ccc(O)c(O)c1. The number of hydrogen-bond acceptors (Lipinski definition) is 3. The molecule has 78 valence electrons. The number of phenols is 2. The highest BCUT2D eigenvalue weighted by molar-refractivity contribution is 5.42. The Labute approximate surface area is 84.2 Å². The third kappa shape index (κ3) is 1.82. The molecule has 1 atom stereocenters. The molecular weight excluding hydrogens is 178 g/mol. The number of benzene rings is 1. The molecule has 0 spiro atoms. The molecular formula is C11H17NO2. The number of aromatic hydroxyl groups is 2. The smallest absolute Gasteiger partial charge is 0.157 e. The largest absolute Gasteiger partial charge is 0.504 e. The molecule has 4 N–H and O–H groups in total. The fourth-order valence-corrected chi connectivity index (χ4v) is 1.19. The van der Waals surface area contributed by atoms with E-state index in [9.17, 15) is 5.11 Å². The monoisotopic (exact) mass is 195 g/mol. The fraction of sp³-hybridized carbons (Fsp3) is 0.455. The number of phenolic OH excluding ortho intramolecular Hbond substituents is 2. The van der Waals surface area contributed by atoms with E-state index >= 15 is 0 Å². The standard InChI is InChI=1S/C11H17NO2/c1-7(2)11(3,12)8-4-5-9(13)10(14)6-8/h4-7,13-14H,12H2,1-3H3/t11-/m0/s1. The lowest BCUT2D eigenvalue weighted by molar-refractivity contribution is 0.346. The fourth-order valence-electron chi connectivity index (χ4n) is 1.19. The lowest BCUT2D eigenvalue weighted by atomic mass is 9.82. The van der Waals surface area contributed by atoms with Crippen molar-refractivity contribution in [3.63, 3.8) is 0 Å². The molecule has 0 aliphatic heterocycles. The first-order valence-electron chi connectivity index (χ1n) is 4.67. The van der Waals surface area contributed by atoms with Crippen molar-refractivity contribution in [3.8, 4) is 11.5 Å². The molecule has 0 aliphatic rings. The molecule has 0 unspecified atom stereocenters. The molecule has 0 saturated heterocycles. The van der Waals surface area contributed by atoms with Crippen LogP contribution in [0.25, 0.3) is 0 Å². The minimum absolute atomic E-state index is 0.117. The van der Waals surface area contributed by atoms with Gasteiger partial charge in [-0.2, -0.15) is 0 Å². The van der Waals surface area contributed by atoms with Crippen LogP contribution < -0.4 is 5.73 Å². The summed E-state index contributed by atoms with van der Waals surface area (Å²) in [5.41, 5.74) is 6.43. The van der Waals surface area contributed by atoms with E-state index in [0.29, 0.717) is 0 Å². The summed E-state index contributed by atoms with van der Waals surface area (Å²) in [7, 11) is 0. The van der Waals surface area contributed by atoms with Crippen molar-refractivity contribution >= 4 is 0 Å². The van der Waals surface area contributed by atoms with E-state index in [-0.39, 0.29) is 17.4 Å². The van der Waals surface area contributed by atoms with E-state index in [0.717, 1.165) is 5.56 Å². The van der Waals surface area contributed by atoms with Gasteiger partial charge < -0.3 is 15.9 Å². The van der Waals surface area contributed by atoms with Crippen molar-refractivity contribution in [2.75, 3.05) is 0 Å². The summed E-state index contributed by atoms with van der Waals surface area (Å²) >= 11 is 0. The van der Waals surface area contributed by atoms with Crippen LogP contribution >= 0.6 is 0 Å². The van der Waals surface area contributed by atoms with Gasteiger partial charge in [0.15, 0.2) is 11.5 Å². The normalized spacial score (nSPS) is 15.5. The molecule has 0 bridgehead atoms. The minimum atomic E-state index is -0.495. The van der Waals surface area contributed by atoms with Crippen molar-refractivity contribution in [1.29, 1.82) is 0 Å². The van der Waals surface area contributed by atoms with Crippen LogP contribution in [0.15, 0.2) is 18.2 Å². The molecule has 0 amide bonds. The lowest BCUT2D eigenvalue weighted by Crippen LogP contribution is -2.38. The topological polar surface area (TPSA) is 66.5 Å². The highest BCUT2D eigenvalue weighted by Crippen LogP contribution is 2.32. The predicted octanol–water partition coefficient (Wildman–Crippen LogP) is 1.93. The van der Waals surface area contributed by atoms with Crippen LogP contribution in [-0.4, -0.2) is 10.2 Å². The van der Waals surface area contributed by atoms with Gasteiger partial charge >= 0.3 is 0 Å². The first kappa shape index (κ1) is 10.9. The molecule has 0 heterocycles. The van der Waals surface area contributed by atoms with Gasteiger partial charge in [0, 0.05) is 5.54 Å². The highest BCUT2D eigenvalue weighted by Gasteiger charge is 2.25. The summed E-state index contributed by atoms with van der Waals surface area (Å²) < 4.78 is 0. The van der Waals surface area contributed by atoms with Gasteiger partial charge in [-0.3, -0.25) is 0 Å². The Bertz CT molecular complexity index is 332. The molecule has 0 aromatic heterocycles. The van der Waals surface area contributed by atoms with Crippen LogP contribution in [-0.2, 0) is 5.54 Å². The summed E-state index contributed by atoms with van der Waals surface area (Å²) in [5, 5.41) is 18.5. The van der Waals surface area contributed by atoms with Gasteiger partial charge in [-0.1, -0.05) is 19.9 Å². The molecule has 0 aliphatic carbocycles. The molecule has 1 aromatic rings. The van der Waals surface area contributed by atoms with Gasteiger partial charge in [-0.05, 0) is 30.5 Å². The Morgan fingerprint density at radius 2 is 1.79 bits per heavy atom. The average molecular weight is 195 g/mol. The molecule has 1 rings (SSSR count). The van der Waals surface area contributed by atoms with Gasteiger partial charge in [0.25, 0.3) is 0 Å². The Kier molecular flexibility index (Phi) is 2.71. The third-order valence-electron chi connectivity index (χ3n) is 2.80. The van der Waals surface area contributed by atoms with Gasteiger partial charge in [0.1, 0.15) is 0 Å². The van der Waals surface area contributed by atoms with Crippen LogP contribution in [0.3, 0.4) is 0 Å². The molecule has 1 aromatic carbocycles. The number of rotatable bonds is 2.